The molecule has 0 radical (unpaired) electrons. The van der Waals surface area contributed by atoms with Crippen LogP contribution in [0.15, 0.2) is 42.5 Å². The summed E-state index contributed by atoms with van der Waals surface area (Å²) in [5.74, 6) is 0.0465. The summed E-state index contributed by atoms with van der Waals surface area (Å²) in [6.45, 7) is 2.55. The lowest BCUT2D eigenvalue weighted by atomic mass is 9.73. The van der Waals surface area contributed by atoms with E-state index in [4.69, 9.17) is 23.2 Å². The minimum Gasteiger partial charge on any atom is -0.311 e. The number of benzene rings is 2. The van der Waals surface area contributed by atoms with E-state index in [2.05, 4.69) is 31.6 Å². The van der Waals surface area contributed by atoms with Crippen LogP contribution in [0, 0.1) is 0 Å². The summed E-state index contributed by atoms with van der Waals surface area (Å²) < 4.78 is 1.67. The van der Waals surface area contributed by atoms with E-state index in [0.717, 1.165) is 41.4 Å². The molecule has 7 nitrogen and oxygen atoms in total. The third-order valence-electron chi connectivity index (χ3n) is 7.59. The number of anilines is 2. The number of fused-ring (bicyclic) bond motifs is 4. The lowest BCUT2D eigenvalue weighted by molar-refractivity contribution is -0.126. The number of hydrogen-bond donors (Lipinski definition) is 1. The molecule has 0 aliphatic carbocycles. The van der Waals surface area contributed by atoms with Crippen molar-refractivity contribution in [3.63, 3.8) is 0 Å². The van der Waals surface area contributed by atoms with Crippen LogP contribution < -0.4 is 10.2 Å². The van der Waals surface area contributed by atoms with Crippen LogP contribution in [-0.2, 0) is 15.0 Å². The molecule has 2 aromatic carbocycles. The second-order valence-corrected chi connectivity index (χ2v) is 11.7. The zero-order valence-electron chi connectivity index (χ0n) is 21.2. The van der Waals surface area contributed by atoms with Gasteiger partial charge in [0.05, 0.1) is 12.5 Å². The number of nitrogens with one attached hydrogen (secondary N) is 1. The Hall–Kier alpha value is -2.42. The third-order valence-corrected chi connectivity index (χ3v) is 8.63. The Bertz CT molecular complexity index is 1350. The second kappa shape index (κ2) is 11.4. The molecule has 38 heavy (non-hydrogen) atoms. The Labute approximate surface area is 241 Å². The van der Waals surface area contributed by atoms with Gasteiger partial charge >= 0.3 is 0 Å². The van der Waals surface area contributed by atoms with E-state index in [1.807, 2.05) is 42.2 Å². The predicted molar refractivity (Wildman–Crippen MR) is 155 cm³/mol. The normalized spacial score (nSPS) is 19.0. The summed E-state index contributed by atoms with van der Waals surface area (Å²) in [5, 5.41) is 14.1. The molecule has 5 rings (SSSR count). The molecule has 0 fully saturated rings. The fourth-order valence-corrected chi connectivity index (χ4v) is 6.28. The number of aromatic nitrogens is 3. The third kappa shape index (κ3) is 4.87. The van der Waals surface area contributed by atoms with E-state index in [9.17, 15) is 9.59 Å². The number of amides is 2. The number of halogens is 3. The van der Waals surface area contributed by atoms with Crippen LogP contribution in [0.4, 0.5) is 11.5 Å². The Kier molecular flexibility index (Phi) is 8.12. The first-order valence-electron chi connectivity index (χ1n) is 13.1. The number of alkyl halides is 1. The molecule has 2 amide bonds. The minimum absolute atomic E-state index is 0.0385. The highest BCUT2D eigenvalue weighted by molar-refractivity contribution is 9.09. The van der Waals surface area contributed by atoms with Crippen molar-refractivity contribution in [1.29, 1.82) is 0 Å². The van der Waals surface area contributed by atoms with Gasteiger partial charge in [-0.3, -0.25) is 9.59 Å². The van der Waals surface area contributed by atoms with Gasteiger partial charge in [-0.2, -0.15) is 0 Å². The number of carbonyl (C=O) groups excluding carboxylic acids is 2. The fraction of sp³-hybridized carbons (Fsp3) is 0.429. The highest BCUT2D eigenvalue weighted by atomic mass is 79.9. The SMILES string of the molecule is C[C@@H](c1ccc(Cl)cc1)n1nnc2c1NC(=O)C[C@]21C(=O)N(CCCCCCCCBr)c2ccc(Cl)cc21. The molecule has 2 aliphatic rings. The molecular formula is C28H30BrCl2N5O2. The minimum atomic E-state index is -1.26. The highest BCUT2D eigenvalue weighted by Crippen LogP contribution is 2.52. The molecule has 1 aromatic heterocycles. The molecule has 1 N–H and O–H groups in total. The molecule has 3 aromatic rings. The zero-order valence-corrected chi connectivity index (χ0v) is 24.3. The fourth-order valence-electron chi connectivity index (χ4n) is 5.59. The molecular weight excluding hydrogens is 589 g/mol. The van der Waals surface area contributed by atoms with E-state index >= 15 is 0 Å². The van der Waals surface area contributed by atoms with E-state index in [-0.39, 0.29) is 24.3 Å². The number of hydrogen-bond acceptors (Lipinski definition) is 4. The Morgan fingerprint density at radius 1 is 1.00 bits per heavy atom. The molecule has 10 heteroatoms. The summed E-state index contributed by atoms with van der Waals surface area (Å²) >= 11 is 16.0. The number of unbranched alkanes of at least 4 members (excludes halogenated alkanes) is 5. The van der Waals surface area contributed by atoms with Crippen molar-refractivity contribution in [2.75, 3.05) is 22.1 Å². The van der Waals surface area contributed by atoms with Crippen LogP contribution in [0.3, 0.4) is 0 Å². The summed E-state index contributed by atoms with van der Waals surface area (Å²) in [6, 6.07) is 12.7. The predicted octanol–water partition coefficient (Wildman–Crippen LogP) is 6.90. The largest absolute Gasteiger partial charge is 0.311 e. The van der Waals surface area contributed by atoms with Crippen molar-refractivity contribution in [3.8, 4) is 0 Å². The van der Waals surface area contributed by atoms with Crippen LogP contribution in [0.1, 0.15) is 74.7 Å². The zero-order chi connectivity index (χ0) is 26.9. The van der Waals surface area contributed by atoms with Crippen LogP contribution in [0.2, 0.25) is 10.0 Å². The number of carbonyl (C=O) groups is 2. The van der Waals surface area contributed by atoms with Crippen LogP contribution >= 0.6 is 39.1 Å². The van der Waals surface area contributed by atoms with Gasteiger partial charge in [0.1, 0.15) is 11.1 Å². The van der Waals surface area contributed by atoms with Gasteiger partial charge in [-0.25, -0.2) is 4.68 Å². The van der Waals surface area contributed by atoms with Crippen LogP contribution in [0.5, 0.6) is 0 Å². The molecule has 0 saturated carbocycles. The summed E-state index contributed by atoms with van der Waals surface area (Å²) in [6.07, 6.45) is 6.61. The molecule has 3 heterocycles. The van der Waals surface area contributed by atoms with Gasteiger partial charge in [-0.05, 0) is 61.2 Å². The monoisotopic (exact) mass is 617 g/mol. The van der Waals surface area contributed by atoms with E-state index in [1.54, 1.807) is 16.8 Å². The van der Waals surface area contributed by atoms with E-state index in [1.165, 1.54) is 19.3 Å². The molecule has 1 spiro atoms. The molecule has 0 saturated heterocycles. The van der Waals surface area contributed by atoms with E-state index < -0.39 is 5.41 Å². The van der Waals surface area contributed by atoms with Gasteiger partial charge in [0.15, 0.2) is 5.82 Å². The summed E-state index contributed by atoms with van der Waals surface area (Å²) in [7, 11) is 0. The van der Waals surface area contributed by atoms with Crippen LogP contribution in [-0.4, -0.2) is 38.7 Å². The van der Waals surface area contributed by atoms with Crippen molar-refractivity contribution in [2.24, 2.45) is 0 Å². The first-order valence-corrected chi connectivity index (χ1v) is 14.9. The van der Waals surface area contributed by atoms with Crippen molar-refractivity contribution in [2.45, 2.75) is 63.3 Å². The molecule has 2 aliphatic heterocycles. The van der Waals surface area contributed by atoms with Crippen molar-refractivity contribution in [1.82, 2.24) is 15.0 Å². The smallest absolute Gasteiger partial charge is 0.244 e. The molecule has 0 bridgehead atoms. The van der Waals surface area contributed by atoms with Gasteiger partial charge in [-0.1, -0.05) is 82.2 Å². The van der Waals surface area contributed by atoms with Crippen molar-refractivity contribution < 1.29 is 9.59 Å². The Balaban J connectivity index is 1.48. The molecule has 200 valence electrons. The van der Waals surface area contributed by atoms with Gasteiger partial charge in [-0.15, -0.1) is 5.10 Å². The maximum Gasteiger partial charge on any atom is 0.244 e. The van der Waals surface area contributed by atoms with E-state index in [0.29, 0.717) is 28.1 Å². The maximum atomic E-state index is 14.3. The standard InChI is InChI=1S/C28H30BrCl2N5O2/c1-18(19-8-10-20(30)11-9-19)36-26-25(33-34-36)28(17-24(37)32-26)22-16-21(31)12-13-23(22)35(27(28)38)15-7-5-3-2-4-6-14-29/h8-13,16,18H,2-7,14-15,17H2,1H3,(H,32,37)/t18-,28+/m0/s1. The van der Waals surface area contributed by atoms with Crippen molar-refractivity contribution >= 4 is 62.5 Å². The molecule has 0 unspecified atom stereocenters. The van der Waals surface area contributed by atoms with Gasteiger partial charge < -0.3 is 10.2 Å². The Morgan fingerprint density at radius 3 is 2.42 bits per heavy atom. The number of rotatable bonds is 10. The average Bonchev–Trinajstić information content (AvgIpc) is 3.42. The Morgan fingerprint density at radius 2 is 1.68 bits per heavy atom. The van der Waals surface area contributed by atoms with Crippen LogP contribution in [0.25, 0.3) is 0 Å². The lowest BCUT2D eigenvalue weighted by Crippen LogP contribution is -2.47. The molecule has 2 atom stereocenters. The quantitative estimate of drug-likeness (QED) is 0.198. The highest BCUT2D eigenvalue weighted by Gasteiger charge is 2.58. The summed E-state index contributed by atoms with van der Waals surface area (Å²) in [5.41, 5.74) is 1.67. The van der Waals surface area contributed by atoms with Gasteiger partial charge in [0, 0.05) is 27.6 Å². The first kappa shape index (κ1) is 27.2. The lowest BCUT2D eigenvalue weighted by Gasteiger charge is -2.31. The maximum absolute atomic E-state index is 14.3. The van der Waals surface area contributed by atoms with Gasteiger partial charge in [0.2, 0.25) is 11.8 Å². The van der Waals surface area contributed by atoms with Gasteiger partial charge in [0.25, 0.3) is 0 Å². The second-order valence-electron chi connectivity index (χ2n) is 10.0. The summed E-state index contributed by atoms with van der Waals surface area (Å²) in [4.78, 5) is 29.2. The van der Waals surface area contributed by atoms with Crippen molar-refractivity contribution in [3.05, 3.63) is 69.3 Å². The average molecular weight is 619 g/mol. The topological polar surface area (TPSA) is 80.1 Å². The first-order chi connectivity index (χ1) is 18.4. The number of nitrogens with zero attached hydrogens (tertiary/aromatic N) is 4.